The van der Waals surface area contributed by atoms with Crippen LogP contribution in [-0.4, -0.2) is 22.5 Å². The second-order valence-electron chi connectivity index (χ2n) is 4.77. The molecular weight excluding hydrogens is 242 g/mol. The zero-order chi connectivity index (χ0) is 13.0. The van der Waals surface area contributed by atoms with E-state index in [9.17, 15) is 5.26 Å². The number of pyridine rings is 1. The molecule has 1 aromatic heterocycles. The first-order valence-electron chi connectivity index (χ1n) is 6.41. The van der Waals surface area contributed by atoms with Gasteiger partial charge in [0.2, 0.25) is 0 Å². The Morgan fingerprint density at radius 2 is 2.22 bits per heavy atom. The minimum atomic E-state index is 0.440. The Kier molecular flexibility index (Phi) is 4.48. The summed E-state index contributed by atoms with van der Waals surface area (Å²) >= 11 is 1.92. The molecule has 3 nitrogen and oxygen atoms in total. The number of rotatable bonds is 3. The van der Waals surface area contributed by atoms with E-state index in [1.54, 1.807) is 6.20 Å². The van der Waals surface area contributed by atoms with Gasteiger partial charge in [-0.15, -0.1) is 0 Å². The molecule has 1 aliphatic carbocycles. The van der Waals surface area contributed by atoms with Crippen LogP contribution in [0.25, 0.3) is 0 Å². The molecule has 1 fully saturated rings. The summed E-state index contributed by atoms with van der Waals surface area (Å²) in [5.41, 5.74) is 1.68. The molecule has 0 bridgehead atoms. The van der Waals surface area contributed by atoms with Gasteiger partial charge in [0.05, 0.1) is 5.56 Å². The van der Waals surface area contributed by atoms with E-state index in [2.05, 4.69) is 22.6 Å². The molecule has 96 valence electrons. The fraction of sp³-hybridized carbons (Fsp3) is 0.571. The molecule has 0 radical (unpaired) electrons. The van der Waals surface area contributed by atoms with Gasteiger partial charge in [-0.3, -0.25) is 0 Å². The van der Waals surface area contributed by atoms with Gasteiger partial charge in [-0.05, 0) is 37.7 Å². The molecule has 18 heavy (non-hydrogen) atoms. The minimum absolute atomic E-state index is 0.440. The van der Waals surface area contributed by atoms with E-state index in [1.165, 1.54) is 25.7 Å². The number of nitriles is 1. The van der Waals surface area contributed by atoms with Gasteiger partial charge in [-0.25, -0.2) is 4.98 Å². The molecule has 0 aliphatic heterocycles. The van der Waals surface area contributed by atoms with Crippen molar-refractivity contribution in [1.82, 2.24) is 4.98 Å². The quantitative estimate of drug-likeness (QED) is 0.906. The predicted octanol–water partition coefficient (Wildman–Crippen LogP) is 3.35. The molecule has 2 unspecified atom stereocenters. The number of thioether (sulfide) groups is 1. The highest BCUT2D eigenvalue weighted by Crippen LogP contribution is 2.30. The zero-order valence-electron chi connectivity index (χ0n) is 10.9. The second-order valence-corrected chi connectivity index (χ2v) is 5.85. The minimum Gasteiger partial charge on any atom is -0.365 e. The number of aromatic nitrogens is 1. The first-order chi connectivity index (χ1) is 8.76. The summed E-state index contributed by atoms with van der Waals surface area (Å²) in [6, 6.07) is 4.58. The van der Waals surface area contributed by atoms with Crippen LogP contribution in [0.3, 0.4) is 0 Å². The average Bonchev–Trinajstić information content (AvgIpc) is 2.40. The lowest BCUT2D eigenvalue weighted by atomic mass is 9.94. The zero-order valence-corrected chi connectivity index (χ0v) is 11.8. The molecule has 1 heterocycles. The van der Waals surface area contributed by atoms with Crippen molar-refractivity contribution in [3.63, 3.8) is 0 Å². The van der Waals surface area contributed by atoms with E-state index in [0.29, 0.717) is 16.9 Å². The lowest BCUT2D eigenvalue weighted by molar-refractivity contribution is 0.474. The normalized spacial score (nSPS) is 23.4. The van der Waals surface area contributed by atoms with Crippen LogP contribution in [0.5, 0.6) is 0 Å². The highest BCUT2D eigenvalue weighted by molar-refractivity contribution is 7.99. The molecule has 0 saturated heterocycles. The first-order valence-corrected chi connectivity index (χ1v) is 7.70. The fourth-order valence-corrected chi connectivity index (χ4v) is 3.46. The highest BCUT2D eigenvalue weighted by Gasteiger charge is 2.25. The van der Waals surface area contributed by atoms with Crippen LogP contribution in [0.4, 0.5) is 5.82 Å². The Labute approximate surface area is 113 Å². The van der Waals surface area contributed by atoms with Crippen LogP contribution in [0.15, 0.2) is 12.3 Å². The molecule has 1 aliphatic rings. The van der Waals surface area contributed by atoms with Crippen molar-refractivity contribution in [2.45, 2.75) is 43.9 Å². The summed E-state index contributed by atoms with van der Waals surface area (Å²) in [6.45, 7) is 1.96. The summed E-state index contributed by atoms with van der Waals surface area (Å²) in [5.74, 6) is 0.753. The van der Waals surface area contributed by atoms with Crippen molar-refractivity contribution in [2.75, 3.05) is 11.6 Å². The van der Waals surface area contributed by atoms with Gasteiger partial charge in [0.15, 0.2) is 0 Å². The summed E-state index contributed by atoms with van der Waals surface area (Å²) in [5, 5.41) is 13.3. The van der Waals surface area contributed by atoms with Crippen LogP contribution >= 0.6 is 11.8 Å². The van der Waals surface area contributed by atoms with E-state index in [-0.39, 0.29) is 0 Å². The largest absolute Gasteiger partial charge is 0.365 e. The maximum absolute atomic E-state index is 9.22. The number of nitrogens with zero attached hydrogens (tertiary/aromatic N) is 2. The lowest BCUT2D eigenvalue weighted by Gasteiger charge is -2.31. The Hall–Kier alpha value is -1.21. The number of hydrogen-bond acceptors (Lipinski definition) is 4. The Morgan fingerprint density at radius 3 is 2.94 bits per heavy atom. The SMILES string of the molecule is CSC1CCCCC1Nc1nccc(C)c1C#N. The Balaban J connectivity index is 2.18. The van der Waals surface area contributed by atoms with Crippen molar-refractivity contribution in [3.05, 3.63) is 23.4 Å². The van der Waals surface area contributed by atoms with Gasteiger partial charge in [-0.2, -0.15) is 17.0 Å². The molecule has 4 heteroatoms. The Bertz CT molecular complexity index is 453. The van der Waals surface area contributed by atoms with Gasteiger partial charge in [0.25, 0.3) is 0 Å². The molecule has 0 aromatic carbocycles. The summed E-state index contributed by atoms with van der Waals surface area (Å²) in [6.07, 6.45) is 8.95. The van der Waals surface area contributed by atoms with Gasteiger partial charge in [0, 0.05) is 17.5 Å². The van der Waals surface area contributed by atoms with E-state index >= 15 is 0 Å². The molecule has 0 amide bonds. The number of anilines is 1. The van der Waals surface area contributed by atoms with Crippen LogP contribution in [0.1, 0.15) is 36.8 Å². The van der Waals surface area contributed by atoms with Crippen molar-refractivity contribution >= 4 is 17.6 Å². The molecule has 1 N–H and O–H groups in total. The van der Waals surface area contributed by atoms with Crippen LogP contribution < -0.4 is 5.32 Å². The van der Waals surface area contributed by atoms with Crippen molar-refractivity contribution < 1.29 is 0 Å². The van der Waals surface area contributed by atoms with E-state index < -0.39 is 0 Å². The van der Waals surface area contributed by atoms with Gasteiger partial charge >= 0.3 is 0 Å². The first kappa shape index (κ1) is 13.2. The fourth-order valence-electron chi connectivity index (χ4n) is 2.53. The van der Waals surface area contributed by atoms with Crippen molar-refractivity contribution in [2.24, 2.45) is 0 Å². The summed E-state index contributed by atoms with van der Waals surface area (Å²) in [4.78, 5) is 4.33. The van der Waals surface area contributed by atoms with Crippen LogP contribution in [0, 0.1) is 18.3 Å². The number of nitrogens with one attached hydrogen (secondary N) is 1. The molecule has 1 saturated carbocycles. The summed E-state index contributed by atoms with van der Waals surface area (Å²) in [7, 11) is 0. The van der Waals surface area contributed by atoms with E-state index in [1.807, 2.05) is 24.8 Å². The second kappa shape index (κ2) is 6.10. The van der Waals surface area contributed by atoms with Crippen molar-refractivity contribution in [1.29, 1.82) is 5.26 Å². The maximum atomic E-state index is 9.22. The average molecular weight is 261 g/mol. The third kappa shape index (κ3) is 2.78. The van der Waals surface area contributed by atoms with E-state index in [4.69, 9.17) is 0 Å². The van der Waals surface area contributed by atoms with Gasteiger partial charge in [0.1, 0.15) is 11.9 Å². The maximum Gasteiger partial charge on any atom is 0.144 e. The van der Waals surface area contributed by atoms with Crippen molar-refractivity contribution in [3.8, 4) is 6.07 Å². The molecule has 2 atom stereocenters. The standard InChI is InChI=1S/C14H19N3S/c1-10-7-8-16-14(11(10)9-15)17-12-5-3-4-6-13(12)18-2/h7-8,12-13H,3-6H2,1-2H3,(H,16,17). The lowest BCUT2D eigenvalue weighted by Crippen LogP contribution is -2.34. The third-order valence-corrected chi connectivity index (χ3v) is 4.77. The molecule has 0 spiro atoms. The van der Waals surface area contributed by atoms with Crippen LogP contribution in [0.2, 0.25) is 0 Å². The van der Waals surface area contributed by atoms with E-state index in [0.717, 1.165) is 11.4 Å². The van der Waals surface area contributed by atoms with Gasteiger partial charge < -0.3 is 5.32 Å². The molecule has 2 rings (SSSR count). The number of hydrogen-bond donors (Lipinski definition) is 1. The summed E-state index contributed by atoms with van der Waals surface area (Å²) < 4.78 is 0. The van der Waals surface area contributed by atoms with Crippen LogP contribution in [-0.2, 0) is 0 Å². The predicted molar refractivity (Wildman–Crippen MR) is 76.9 cm³/mol. The smallest absolute Gasteiger partial charge is 0.144 e. The topological polar surface area (TPSA) is 48.7 Å². The third-order valence-electron chi connectivity index (χ3n) is 3.60. The molecule has 1 aromatic rings. The molecular formula is C14H19N3S. The highest BCUT2D eigenvalue weighted by atomic mass is 32.2. The number of aryl methyl sites for hydroxylation is 1. The monoisotopic (exact) mass is 261 g/mol. The Morgan fingerprint density at radius 1 is 1.44 bits per heavy atom. The van der Waals surface area contributed by atoms with Gasteiger partial charge in [-0.1, -0.05) is 12.8 Å².